The molecule has 1 amide bonds. The van der Waals surface area contributed by atoms with Crippen LogP contribution in [-0.4, -0.2) is 29.5 Å². The van der Waals surface area contributed by atoms with E-state index in [0.717, 1.165) is 40.6 Å². The normalized spacial score (nSPS) is 10.5. The van der Waals surface area contributed by atoms with E-state index in [1.807, 2.05) is 47.8 Å². The fourth-order valence-electron chi connectivity index (χ4n) is 2.50. The summed E-state index contributed by atoms with van der Waals surface area (Å²) in [6, 6.07) is 13.6. The summed E-state index contributed by atoms with van der Waals surface area (Å²) in [6.45, 7) is 0.594. The Bertz CT molecular complexity index is 832. The number of aryl methyl sites for hydroxylation is 1. The monoisotopic (exact) mass is 367 g/mol. The van der Waals surface area contributed by atoms with E-state index in [9.17, 15) is 4.79 Å². The van der Waals surface area contributed by atoms with Crippen molar-refractivity contribution >= 4 is 17.2 Å². The first kappa shape index (κ1) is 18.1. The first-order valence-electron chi connectivity index (χ1n) is 8.50. The van der Waals surface area contributed by atoms with Crippen LogP contribution in [-0.2, 0) is 17.6 Å². The van der Waals surface area contributed by atoms with Gasteiger partial charge in [0.2, 0.25) is 5.91 Å². The maximum Gasteiger partial charge on any atom is 0.220 e. The van der Waals surface area contributed by atoms with Crippen molar-refractivity contribution in [1.82, 2.24) is 15.3 Å². The fraction of sp³-hybridized carbons (Fsp3) is 0.250. The van der Waals surface area contributed by atoms with E-state index in [0.29, 0.717) is 13.0 Å². The van der Waals surface area contributed by atoms with Gasteiger partial charge in [0.15, 0.2) is 0 Å². The number of rotatable bonds is 8. The molecule has 1 aromatic carbocycles. The van der Waals surface area contributed by atoms with E-state index < -0.39 is 0 Å². The third kappa shape index (κ3) is 5.13. The third-order valence-electron chi connectivity index (χ3n) is 3.94. The number of aromatic nitrogens is 2. The van der Waals surface area contributed by atoms with Gasteiger partial charge in [0, 0.05) is 31.0 Å². The van der Waals surface area contributed by atoms with E-state index in [-0.39, 0.29) is 5.91 Å². The average Bonchev–Trinajstić information content (AvgIpc) is 3.16. The lowest BCUT2D eigenvalue weighted by Gasteiger charge is -2.05. The molecule has 0 saturated heterocycles. The number of nitrogens with one attached hydrogen (secondary N) is 1. The quantitative estimate of drug-likeness (QED) is 0.662. The van der Waals surface area contributed by atoms with Gasteiger partial charge in [-0.1, -0.05) is 18.2 Å². The van der Waals surface area contributed by atoms with Gasteiger partial charge in [-0.3, -0.25) is 9.78 Å². The molecule has 1 N–H and O–H groups in total. The molecule has 5 nitrogen and oxygen atoms in total. The van der Waals surface area contributed by atoms with Crippen molar-refractivity contribution in [2.24, 2.45) is 0 Å². The van der Waals surface area contributed by atoms with Crippen molar-refractivity contribution in [2.75, 3.05) is 13.7 Å². The Balaban J connectivity index is 1.40. The lowest BCUT2D eigenvalue weighted by atomic mass is 10.1. The molecular formula is C20H21N3O2S. The second-order valence-corrected chi connectivity index (χ2v) is 6.73. The Morgan fingerprint density at radius 1 is 1.12 bits per heavy atom. The van der Waals surface area contributed by atoms with Crippen molar-refractivity contribution in [3.63, 3.8) is 0 Å². The number of benzene rings is 1. The van der Waals surface area contributed by atoms with Gasteiger partial charge < -0.3 is 10.1 Å². The molecule has 2 heterocycles. The average molecular weight is 367 g/mol. The number of nitrogens with zero attached hydrogens (tertiary/aromatic N) is 2. The molecule has 3 aromatic rings. The van der Waals surface area contributed by atoms with Gasteiger partial charge >= 0.3 is 0 Å². The highest BCUT2D eigenvalue weighted by atomic mass is 32.1. The van der Waals surface area contributed by atoms with Crippen LogP contribution in [0.5, 0.6) is 5.75 Å². The second kappa shape index (κ2) is 9.10. The predicted molar refractivity (Wildman–Crippen MR) is 103 cm³/mol. The molecule has 0 aliphatic carbocycles. The molecule has 0 atom stereocenters. The van der Waals surface area contributed by atoms with Gasteiger partial charge in [0.05, 0.1) is 23.5 Å². The highest BCUT2D eigenvalue weighted by Gasteiger charge is 2.07. The van der Waals surface area contributed by atoms with Gasteiger partial charge in [0.25, 0.3) is 0 Å². The summed E-state index contributed by atoms with van der Waals surface area (Å²) in [5, 5.41) is 5.96. The summed E-state index contributed by atoms with van der Waals surface area (Å²) < 4.78 is 5.13. The number of hydrogen-bond donors (Lipinski definition) is 1. The molecule has 0 spiro atoms. The fourth-order valence-corrected chi connectivity index (χ4v) is 3.30. The smallest absolute Gasteiger partial charge is 0.220 e. The Morgan fingerprint density at radius 3 is 2.69 bits per heavy atom. The van der Waals surface area contributed by atoms with Crippen LogP contribution in [0.25, 0.3) is 11.4 Å². The Labute approximate surface area is 157 Å². The number of pyridine rings is 1. The van der Waals surface area contributed by atoms with Gasteiger partial charge in [-0.25, -0.2) is 4.98 Å². The maximum absolute atomic E-state index is 12.0. The lowest BCUT2D eigenvalue weighted by Crippen LogP contribution is -2.25. The zero-order valence-corrected chi connectivity index (χ0v) is 15.5. The zero-order chi connectivity index (χ0) is 18.2. The minimum Gasteiger partial charge on any atom is -0.497 e. The van der Waals surface area contributed by atoms with Crippen LogP contribution >= 0.6 is 11.3 Å². The molecule has 0 radical (unpaired) electrons. The SMILES string of the molecule is COc1ccc(CCC(=O)NCCc2nc(-c3ccccn3)cs2)cc1. The highest BCUT2D eigenvalue weighted by molar-refractivity contribution is 7.09. The minimum atomic E-state index is 0.0577. The predicted octanol–water partition coefficient (Wildman–Crippen LogP) is 3.51. The first-order valence-corrected chi connectivity index (χ1v) is 9.38. The number of methoxy groups -OCH3 is 1. The minimum absolute atomic E-state index is 0.0577. The van der Waals surface area contributed by atoms with Crippen LogP contribution < -0.4 is 10.1 Å². The Morgan fingerprint density at radius 2 is 1.96 bits per heavy atom. The summed E-state index contributed by atoms with van der Waals surface area (Å²) >= 11 is 1.60. The molecule has 0 saturated carbocycles. The molecule has 6 heteroatoms. The molecule has 0 aliphatic heterocycles. The van der Waals surface area contributed by atoms with Crippen LogP contribution in [0.4, 0.5) is 0 Å². The summed E-state index contributed by atoms with van der Waals surface area (Å²) in [7, 11) is 1.64. The van der Waals surface area contributed by atoms with Crippen LogP contribution in [0.3, 0.4) is 0 Å². The van der Waals surface area contributed by atoms with Crippen LogP contribution in [0.2, 0.25) is 0 Å². The molecule has 26 heavy (non-hydrogen) atoms. The Hall–Kier alpha value is -2.73. The van der Waals surface area contributed by atoms with Crippen LogP contribution in [0.1, 0.15) is 17.0 Å². The number of amides is 1. The number of carbonyl (C=O) groups excluding carboxylic acids is 1. The van der Waals surface area contributed by atoms with E-state index in [1.54, 1.807) is 24.6 Å². The summed E-state index contributed by atoms with van der Waals surface area (Å²) in [5.74, 6) is 0.883. The molecule has 0 bridgehead atoms. The number of thiazole rings is 1. The summed E-state index contributed by atoms with van der Waals surface area (Å²) in [6.07, 6.45) is 3.68. The summed E-state index contributed by atoms with van der Waals surface area (Å²) in [4.78, 5) is 20.9. The number of ether oxygens (including phenoxy) is 1. The largest absolute Gasteiger partial charge is 0.497 e. The topological polar surface area (TPSA) is 64.1 Å². The first-order chi connectivity index (χ1) is 12.7. The molecule has 0 fully saturated rings. The van der Waals surface area contributed by atoms with Gasteiger partial charge in [-0.2, -0.15) is 0 Å². The van der Waals surface area contributed by atoms with Gasteiger partial charge in [-0.05, 0) is 36.2 Å². The molecule has 134 valence electrons. The van der Waals surface area contributed by atoms with Crippen molar-refractivity contribution in [3.05, 3.63) is 64.6 Å². The van der Waals surface area contributed by atoms with E-state index in [1.165, 1.54) is 0 Å². The lowest BCUT2D eigenvalue weighted by molar-refractivity contribution is -0.121. The van der Waals surface area contributed by atoms with E-state index in [2.05, 4.69) is 15.3 Å². The molecule has 0 unspecified atom stereocenters. The van der Waals surface area contributed by atoms with Crippen molar-refractivity contribution in [1.29, 1.82) is 0 Å². The molecule has 2 aromatic heterocycles. The molecular weight excluding hydrogens is 346 g/mol. The van der Waals surface area contributed by atoms with Crippen molar-refractivity contribution < 1.29 is 9.53 Å². The standard InChI is InChI=1S/C20H21N3O2S/c1-25-16-8-5-15(6-9-16)7-10-19(24)22-13-11-20-23-18(14-26-20)17-4-2-3-12-21-17/h2-6,8-9,12,14H,7,10-11,13H2,1H3,(H,22,24). The van der Waals surface area contributed by atoms with Gasteiger partial charge in [-0.15, -0.1) is 11.3 Å². The molecule has 0 aliphatic rings. The third-order valence-corrected chi connectivity index (χ3v) is 4.85. The van der Waals surface area contributed by atoms with E-state index >= 15 is 0 Å². The van der Waals surface area contributed by atoms with Crippen LogP contribution in [0, 0.1) is 0 Å². The van der Waals surface area contributed by atoms with Gasteiger partial charge in [0.1, 0.15) is 5.75 Å². The van der Waals surface area contributed by atoms with Crippen LogP contribution in [0.15, 0.2) is 54.0 Å². The van der Waals surface area contributed by atoms with E-state index in [4.69, 9.17) is 4.74 Å². The van der Waals surface area contributed by atoms with Crippen molar-refractivity contribution in [3.8, 4) is 17.1 Å². The number of hydrogen-bond acceptors (Lipinski definition) is 5. The molecule has 3 rings (SSSR count). The highest BCUT2D eigenvalue weighted by Crippen LogP contribution is 2.19. The Kier molecular flexibility index (Phi) is 6.33. The summed E-state index contributed by atoms with van der Waals surface area (Å²) in [5.41, 5.74) is 2.89. The zero-order valence-electron chi connectivity index (χ0n) is 14.6. The maximum atomic E-state index is 12.0. The number of carbonyl (C=O) groups is 1. The second-order valence-electron chi connectivity index (χ2n) is 5.79. The van der Waals surface area contributed by atoms with Crippen molar-refractivity contribution in [2.45, 2.75) is 19.3 Å².